The van der Waals surface area contributed by atoms with E-state index in [-0.39, 0.29) is 0 Å². The summed E-state index contributed by atoms with van der Waals surface area (Å²) in [7, 11) is 0. The molecule has 2 rings (SSSR count). The van der Waals surface area contributed by atoms with E-state index in [1.54, 1.807) is 22.7 Å². The molecule has 2 aromatic heterocycles. The Morgan fingerprint density at radius 2 is 1.39 bits per heavy atom. The summed E-state index contributed by atoms with van der Waals surface area (Å²) in [4.78, 5) is 0. The number of hydrogen-bond donors (Lipinski definition) is 0. The maximum Gasteiger partial charge on any atom is 0.142 e. The Kier molecular flexibility index (Phi) is 5.32. The number of rotatable bonds is 8. The predicted octanol–water partition coefficient (Wildman–Crippen LogP) is 5.32. The molecule has 0 aliphatic rings. The number of thiophene rings is 2. The van der Waals surface area contributed by atoms with E-state index in [4.69, 9.17) is 9.47 Å². The summed E-state index contributed by atoms with van der Waals surface area (Å²) < 4.78 is 13.0. The molecule has 2 nitrogen and oxygen atoms in total. The van der Waals surface area contributed by atoms with Crippen LogP contribution >= 0.6 is 22.7 Å². The first kappa shape index (κ1) is 13.7. The molecule has 0 amide bonds. The fraction of sp³-hybridized carbons (Fsp3) is 0.571. The van der Waals surface area contributed by atoms with Crippen LogP contribution in [0.4, 0.5) is 0 Å². The Balaban J connectivity index is 2.07. The van der Waals surface area contributed by atoms with E-state index < -0.39 is 0 Å². The minimum atomic E-state index is 0.798. The van der Waals surface area contributed by atoms with Gasteiger partial charge < -0.3 is 9.47 Å². The smallest absolute Gasteiger partial charge is 0.142 e. The Morgan fingerprint density at radius 1 is 0.889 bits per heavy atom. The van der Waals surface area contributed by atoms with Gasteiger partial charge in [0.25, 0.3) is 0 Å². The van der Waals surface area contributed by atoms with Gasteiger partial charge >= 0.3 is 0 Å². The van der Waals surface area contributed by atoms with Gasteiger partial charge in [-0.1, -0.05) is 26.7 Å². The molecule has 0 aliphatic heterocycles. The summed E-state index contributed by atoms with van der Waals surface area (Å²) in [6.45, 7) is 5.95. The summed E-state index contributed by atoms with van der Waals surface area (Å²) in [5, 5.41) is 5.38. The van der Waals surface area contributed by atoms with Gasteiger partial charge in [0.15, 0.2) is 0 Å². The zero-order chi connectivity index (χ0) is 12.8. The molecule has 0 saturated carbocycles. The zero-order valence-corrected chi connectivity index (χ0v) is 12.7. The Bertz CT molecular complexity index is 434. The van der Waals surface area contributed by atoms with Crippen LogP contribution in [0.5, 0.6) is 11.5 Å². The fourth-order valence-electron chi connectivity index (χ4n) is 1.67. The van der Waals surface area contributed by atoms with E-state index >= 15 is 0 Å². The molecule has 0 atom stereocenters. The van der Waals surface area contributed by atoms with Gasteiger partial charge in [-0.05, 0) is 12.8 Å². The van der Waals surface area contributed by atoms with Crippen molar-refractivity contribution >= 4 is 32.1 Å². The third-order valence-electron chi connectivity index (χ3n) is 2.75. The minimum Gasteiger partial charge on any atom is -0.492 e. The molecular formula is C14H20O2S2. The lowest BCUT2D eigenvalue weighted by molar-refractivity contribution is 0.303. The summed E-state index contributed by atoms with van der Waals surface area (Å²) in [6.07, 6.45) is 4.54. The highest BCUT2D eigenvalue weighted by Gasteiger charge is 2.13. The second-order valence-corrected chi connectivity index (χ2v) is 6.28. The van der Waals surface area contributed by atoms with E-state index in [0.29, 0.717) is 0 Å². The van der Waals surface area contributed by atoms with E-state index in [1.165, 1.54) is 9.40 Å². The van der Waals surface area contributed by atoms with Crippen molar-refractivity contribution in [1.29, 1.82) is 0 Å². The summed E-state index contributed by atoms with van der Waals surface area (Å²) in [5.74, 6) is 1.99. The van der Waals surface area contributed by atoms with E-state index in [0.717, 1.165) is 50.4 Å². The third-order valence-corrected chi connectivity index (χ3v) is 4.83. The number of fused-ring (bicyclic) bond motifs is 1. The van der Waals surface area contributed by atoms with Crippen LogP contribution in [0.3, 0.4) is 0 Å². The average molecular weight is 284 g/mol. The molecule has 0 fully saturated rings. The van der Waals surface area contributed by atoms with Gasteiger partial charge in [0.05, 0.1) is 22.6 Å². The van der Waals surface area contributed by atoms with Gasteiger partial charge in [-0.2, -0.15) is 0 Å². The molecule has 0 aliphatic carbocycles. The number of hydrogen-bond acceptors (Lipinski definition) is 4. The molecule has 0 N–H and O–H groups in total. The molecule has 0 saturated heterocycles. The van der Waals surface area contributed by atoms with Crippen molar-refractivity contribution in [2.45, 2.75) is 39.5 Å². The SMILES string of the molecule is CCCCOc1csc2scc(OCCCC)c12. The largest absolute Gasteiger partial charge is 0.492 e. The maximum atomic E-state index is 5.84. The minimum absolute atomic E-state index is 0.798. The Hall–Kier alpha value is -0.740. The molecule has 2 aromatic rings. The number of unbranched alkanes of at least 4 members (excludes halogenated alkanes) is 2. The van der Waals surface area contributed by atoms with Gasteiger partial charge in [-0.15, -0.1) is 22.7 Å². The van der Waals surface area contributed by atoms with Crippen LogP contribution in [0.15, 0.2) is 10.8 Å². The quantitative estimate of drug-likeness (QED) is 0.611. The van der Waals surface area contributed by atoms with Crippen molar-refractivity contribution in [1.82, 2.24) is 0 Å². The van der Waals surface area contributed by atoms with E-state index in [2.05, 4.69) is 24.6 Å². The number of ether oxygens (including phenoxy) is 2. The predicted molar refractivity (Wildman–Crippen MR) is 80.5 cm³/mol. The molecule has 100 valence electrons. The van der Waals surface area contributed by atoms with Crippen LogP contribution in [0.25, 0.3) is 9.40 Å². The second-order valence-electron chi connectivity index (χ2n) is 4.27. The lowest BCUT2D eigenvalue weighted by Crippen LogP contribution is -1.97. The van der Waals surface area contributed by atoms with Crippen molar-refractivity contribution in [3.05, 3.63) is 10.8 Å². The first-order chi connectivity index (χ1) is 8.86. The third kappa shape index (κ3) is 3.18. The van der Waals surface area contributed by atoms with Gasteiger partial charge in [0, 0.05) is 10.8 Å². The van der Waals surface area contributed by atoms with E-state index in [9.17, 15) is 0 Å². The standard InChI is InChI=1S/C14H20O2S2/c1-3-5-7-15-11-9-17-14-13(11)12(10-18-14)16-8-6-4-2/h9-10H,3-8H2,1-2H3. The average Bonchev–Trinajstić information content (AvgIpc) is 2.94. The van der Waals surface area contributed by atoms with Crippen molar-refractivity contribution in [2.75, 3.05) is 13.2 Å². The van der Waals surface area contributed by atoms with Crippen LogP contribution < -0.4 is 9.47 Å². The topological polar surface area (TPSA) is 18.5 Å². The summed E-state index contributed by atoms with van der Waals surface area (Å²) in [6, 6.07) is 0. The highest BCUT2D eigenvalue weighted by molar-refractivity contribution is 7.37. The Morgan fingerprint density at radius 3 is 1.83 bits per heavy atom. The maximum absolute atomic E-state index is 5.84. The molecule has 0 unspecified atom stereocenters. The monoisotopic (exact) mass is 284 g/mol. The van der Waals surface area contributed by atoms with Crippen molar-refractivity contribution in [3.63, 3.8) is 0 Å². The lowest BCUT2D eigenvalue weighted by Gasteiger charge is -2.06. The first-order valence-electron chi connectivity index (χ1n) is 6.61. The van der Waals surface area contributed by atoms with Crippen molar-refractivity contribution < 1.29 is 9.47 Å². The second kappa shape index (κ2) is 7.00. The lowest BCUT2D eigenvalue weighted by atomic mass is 10.3. The molecule has 4 heteroatoms. The normalized spacial score (nSPS) is 11.0. The molecule has 0 spiro atoms. The molecule has 18 heavy (non-hydrogen) atoms. The summed E-state index contributed by atoms with van der Waals surface area (Å²) >= 11 is 3.49. The van der Waals surface area contributed by atoms with E-state index in [1.807, 2.05) is 0 Å². The zero-order valence-electron chi connectivity index (χ0n) is 11.0. The fourth-order valence-corrected chi connectivity index (χ4v) is 3.61. The first-order valence-corrected chi connectivity index (χ1v) is 8.37. The highest BCUT2D eigenvalue weighted by Crippen LogP contribution is 2.43. The van der Waals surface area contributed by atoms with Crippen LogP contribution in [0, 0.1) is 0 Å². The van der Waals surface area contributed by atoms with Gasteiger partial charge in [-0.25, -0.2) is 0 Å². The van der Waals surface area contributed by atoms with Crippen molar-refractivity contribution in [3.8, 4) is 11.5 Å². The van der Waals surface area contributed by atoms with Gasteiger partial charge in [0.2, 0.25) is 0 Å². The van der Waals surface area contributed by atoms with Crippen LogP contribution in [0.1, 0.15) is 39.5 Å². The Labute approximate surface area is 117 Å². The molecule has 0 aromatic carbocycles. The molecule has 2 heterocycles. The molecule has 0 bridgehead atoms. The van der Waals surface area contributed by atoms with Crippen molar-refractivity contribution in [2.24, 2.45) is 0 Å². The van der Waals surface area contributed by atoms with Gasteiger partial charge in [-0.3, -0.25) is 0 Å². The highest BCUT2D eigenvalue weighted by atomic mass is 32.2. The molecular weight excluding hydrogens is 264 g/mol. The van der Waals surface area contributed by atoms with Crippen LogP contribution in [-0.2, 0) is 0 Å². The van der Waals surface area contributed by atoms with Crippen LogP contribution in [-0.4, -0.2) is 13.2 Å². The van der Waals surface area contributed by atoms with Gasteiger partial charge in [0.1, 0.15) is 11.5 Å². The molecule has 0 radical (unpaired) electrons. The van der Waals surface area contributed by atoms with Crippen LogP contribution in [0.2, 0.25) is 0 Å². The summed E-state index contributed by atoms with van der Waals surface area (Å²) in [5.41, 5.74) is 0.